The van der Waals surface area contributed by atoms with Gasteiger partial charge in [0.25, 0.3) is 16.5 Å². The molecule has 1 aromatic heterocycles. The van der Waals surface area contributed by atoms with E-state index in [0.717, 1.165) is 7.11 Å². The van der Waals surface area contributed by atoms with Crippen molar-refractivity contribution in [2.45, 2.75) is 12.7 Å². The van der Waals surface area contributed by atoms with E-state index in [4.69, 9.17) is 10.9 Å². The average Bonchev–Trinajstić information content (AvgIpc) is 2.81. The number of alkyl halides is 3. The lowest BCUT2D eigenvalue weighted by molar-refractivity contribution is -0.730. The van der Waals surface area contributed by atoms with Crippen LogP contribution in [0.5, 0.6) is 0 Å². The second-order valence-electron chi connectivity index (χ2n) is 4.07. The molecule has 0 bridgehead atoms. The minimum Gasteiger partial charge on any atom is -0.464 e. The first-order valence-electron chi connectivity index (χ1n) is 5.88. The number of ether oxygens (including phenoxy) is 2. The maximum atomic E-state index is 12.0. The van der Waals surface area contributed by atoms with Gasteiger partial charge in [-0.25, -0.2) is 10.0 Å². The van der Waals surface area contributed by atoms with Gasteiger partial charge in [0.15, 0.2) is 0 Å². The normalized spacial score (nSPS) is 11.3. The molecule has 0 aliphatic heterocycles. The summed E-state index contributed by atoms with van der Waals surface area (Å²) in [5.74, 6) is -2.40. The monoisotopic (exact) mass is 341 g/mol. The maximum absolute atomic E-state index is 12.0. The van der Waals surface area contributed by atoms with Crippen LogP contribution in [0.1, 0.15) is 21.0 Å². The van der Waals surface area contributed by atoms with Crippen molar-refractivity contribution in [3.63, 3.8) is 0 Å². The first kappa shape index (κ1) is 18.3. The molecule has 0 saturated carbocycles. The predicted octanol–water partition coefficient (Wildman–Crippen LogP) is 0.147. The van der Waals surface area contributed by atoms with Gasteiger partial charge in [-0.15, -0.1) is 0 Å². The van der Waals surface area contributed by atoms with Crippen molar-refractivity contribution in [3.8, 4) is 0 Å². The molecular weight excluding hydrogens is 329 g/mol. The van der Waals surface area contributed by atoms with Crippen LogP contribution in [0.15, 0.2) is 0 Å². The fourth-order valence-electron chi connectivity index (χ4n) is 1.61. The lowest BCUT2D eigenvalue weighted by Crippen LogP contribution is -2.23. The quantitative estimate of drug-likeness (QED) is 0.409. The number of hydrogen-bond donors (Lipinski definition) is 2. The zero-order valence-electron chi connectivity index (χ0n) is 11.7. The Morgan fingerprint density at radius 1 is 1.43 bits per heavy atom. The second-order valence-corrected chi connectivity index (χ2v) is 4.07. The lowest BCUT2D eigenvalue weighted by atomic mass is 10.2. The van der Waals surface area contributed by atoms with Gasteiger partial charge in [-0.1, -0.05) is 0 Å². The number of carbonyl (C=O) groups excluding carboxylic acids is 2. The highest BCUT2D eigenvalue weighted by atomic mass is 19.4. The third-order valence-corrected chi connectivity index (χ3v) is 2.44. The zero-order chi connectivity index (χ0) is 17.8. The van der Waals surface area contributed by atoms with Crippen molar-refractivity contribution in [2.24, 2.45) is 5.73 Å². The molecule has 0 fully saturated rings. The van der Waals surface area contributed by atoms with Gasteiger partial charge in [0, 0.05) is 0 Å². The highest BCUT2D eigenvalue weighted by molar-refractivity contribution is 6.01. The van der Waals surface area contributed by atoms with Crippen molar-refractivity contribution in [3.05, 3.63) is 16.3 Å². The molecule has 0 spiro atoms. The molecule has 1 amide bonds. The molecule has 13 heteroatoms. The average molecular weight is 341 g/mol. The van der Waals surface area contributed by atoms with E-state index in [-0.39, 0.29) is 0 Å². The molecule has 10 nitrogen and oxygen atoms in total. The fourth-order valence-corrected chi connectivity index (χ4v) is 1.61. The van der Waals surface area contributed by atoms with Crippen LogP contribution in [0.4, 0.5) is 18.9 Å². The molecular formula is C10H12F3N4O6+. The molecule has 0 aliphatic rings. The SMILES string of the molecule is COC(=O)c1nn(CCOCC(F)(F)F)c(C(N)=O)c1[N+](=O)O. The van der Waals surface area contributed by atoms with Gasteiger partial charge < -0.3 is 15.2 Å². The molecule has 0 aromatic carbocycles. The summed E-state index contributed by atoms with van der Waals surface area (Å²) >= 11 is 0. The number of methoxy groups -OCH3 is 1. The summed E-state index contributed by atoms with van der Waals surface area (Å²) in [6.45, 7) is -2.53. The Balaban J connectivity index is 3.09. The van der Waals surface area contributed by atoms with E-state index in [1.165, 1.54) is 0 Å². The van der Waals surface area contributed by atoms with Crippen molar-refractivity contribution in [2.75, 3.05) is 20.3 Å². The first-order chi connectivity index (χ1) is 10.6. The van der Waals surface area contributed by atoms with E-state index >= 15 is 0 Å². The van der Waals surface area contributed by atoms with E-state index in [0.29, 0.717) is 4.68 Å². The van der Waals surface area contributed by atoms with Crippen molar-refractivity contribution in [1.82, 2.24) is 9.78 Å². The van der Waals surface area contributed by atoms with E-state index < -0.39 is 59.8 Å². The zero-order valence-corrected chi connectivity index (χ0v) is 11.7. The number of halogens is 3. The standard InChI is InChI=1S/C10H11F3N4O6/c1-22-9(19)5-6(17(20)21)7(8(14)18)16(15-5)2-3-23-4-10(11,12)13/h2-4H2,1H3,(H2-,14,18,20,21)/p+1. The van der Waals surface area contributed by atoms with Crippen LogP contribution in [0.2, 0.25) is 0 Å². The summed E-state index contributed by atoms with van der Waals surface area (Å²) in [6, 6.07) is 0. The molecule has 23 heavy (non-hydrogen) atoms. The molecule has 128 valence electrons. The fraction of sp³-hybridized carbons (Fsp3) is 0.500. The maximum Gasteiger partial charge on any atom is 0.411 e. The largest absolute Gasteiger partial charge is 0.464 e. The Kier molecular flexibility index (Phi) is 5.62. The highest BCUT2D eigenvalue weighted by Crippen LogP contribution is 2.23. The number of aromatic nitrogens is 2. The van der Waals surface area contributed by atoms with Gasteiger partial charge in [-0.05, 0) is 0 Å². The third kappa shape index (κ3) is 4.64. The van der Waals surface area contributed by atoms with Crippen LogP contribution in [-0.2, 0) is 16.0 Å². The van der Waals surface area contributed by atoms with Gasteiger partial charge in [-0.3, -0.25) is 9.48 Å². The number of nitrogens with zero attached hydrogens (tertiary/aromatic N) is 3. The van der Waals surface area contributed by atoms with E-state index in [1.807, 2.05) is 0 Å². The molecule has 3 N–H and O–H groups in total. The number of nitrogens with two attached hydrogens (primary N) is 1. The third-order valence-electron chi connectivity index (χ3n) is 2.44. The van der Waals surface area contributed by atoms with Crippen LogP contribution < -0.4 is 5.73 Å². The van der Waals surface area contributed by atoms with Gasteiger partial charge in [-0.2, -0.15) is 18.3 Å². The van der Waals surface area contributed by atoms with Crippen molar-refractivity contribution < 1.29 is 42.4 Å². The lowest BCUT2D eigenvalue weighted by Gasteiger charge is -2.08. The summed E-state index contributed by atoms with van der Waals surface area (Å²) in [5, 5.41) is 12.5. The van der Waals surface area contributed by atoms with Gasteiger partial charge in [0.05, 0.1) is 25.2 Å². The van der Waals surface area contributed by atoms with Crippen molar-refractivity contribution in [1.29, 1.82) is 0 Å². The Labute approximate surface area is 126 Å². The molecule has 0 unspecified atom stereocenters. The van der Waals surface area contributed by atoms with Gasteiger partial charge >= 0.3 is 17.8 Å². The van der Waals surface area contributed by atoms with Crippen LogP contribution in [0.25, 0.3) is 0 Å². The number of primary amides is 1. The Hall–Kier alpha value is -2.70. The Morgan fingerprint density at radius 2 is 2.04 bits per heavy atom. The topological polar surface area (TPSA) is 137 Å². The summed E-state index contributed by atoms with van der Waals surface area (Å²) in [7, 11) is 0.952. The number of amides is 1. The molecule has 0 radical (unpaired) electrons. The smallest absolute Gasteiger partial charge is 0.411 e. The van der Waals surface area contributed by atoms with Gasteiger partial charge in [0.2, 0.25) is 5.69 Å². The van der Waals surface area contributed by atoms with Crippen molar-refractivity contribution >= 4 is 17.6 Å². The number of rotatable bonds is 7. The highest BCUT2D eigenvalue weighted by Gasteiger charge is 2.38. The number of carbonyl (C=O) groups is 2. The molecule has 1 aromatic rings. The Bertz CT molecular complexity index is 627. The minimum absolute atomic E-state index is 0.438. The molecule has 1 heterocycles. The summed E-state index contributed by atoms with van der Waals surface area (Å²) in [4.78, 5) is 33.2. The minimum atomic E-state index is -4.55. The molecule has 0 atom stereocenters. The van der Waals surface area contributed by atoms with E-state index in [9.17, 15) is 27.7 Å². The first-order valence-corrected chi connectivity index (χ1v) is 5.88. The number of esters is 1. The summed E-state index contributed by atoms with van der Waals surface area (Å²) in [5.41, 5.74) is 2.75. The number of hydrogen-bond acceptors (Lipinski definition) is 6. The van der Waals surface area contributed by atoms with Crippen LogP contribution >= 0.6 is 0 Å². The second kappa shape index (κ2) is 7.04. The molecule has 1 rings (SSSR count). The molecule has 0 aliphatic carbocycles. The predicted molar refractivity (Wildman–Crippen MR) is 64.0 cm³/mol. The van der Waals surface area contributed by atoms with Crippen LogP contribution in [0, 0.1) is 4.91 Å². The van der Waals surface area contributed by atoms with E-state index in [2.05, 4.69) is 14.6 Å². The summed E-state index contributed by atoms with van der Waals surface area (Å²) in [6.07, 6.45) is -4.55. The summed E-state index contributed by atoms with van der Waals surface area (Å²) < 4.78 is 45.2. The van der Waals surface area contributed by atoms with Crippen LogP contribution in [0.3, 0.4) is 0 Å². The van der Waals surface area contributed by atoms with Crippen LogP contribution in [-0.4, -0.2) is 58.3 Å². The Morgan fingerprint density at radius 3 is 2.48 bits per heavy atom. The molecule has 0 saturated heterocycles. The van der Waals surface area contributed by atoms with E-state index in [1.54, 1.807) is 0 Å². The van der Waals surface area contributed by atoms with Gasteiger partial charge in [0.1, 0.15) is 6.61 Å².